The third-order valence-corrected chi connectivity index (χ3v) is 4.10. The van der Waals surface area contributed by atoms with Crippen molar-refractivity contribution in [1.82, 2.24) is 10.3 Å². The predicted octanol–water partition coefficient (Wildman–Crippen LogP) is 2.54. The van der Waals surface area contributed by atoms with Gasteiger partial charge in [0, 0.05) is 5.54 Å². The second-order valence-electron chi connectivity index (χ2n) is 5.63. The fourth-order valence-corrected chi connectivity index (χ4v) is 2.59. The Kier molecular flexibility index (Phi) is 4.91. The Bertz CT molecular complexity index is 380. The predicted molar refractivity (Wildman–Crippen MR) is 78.4 cm³/mol. The average Bonchev–Trinajstić information content (AvgIpc) is 2.28. The summed E-state index contributed by atoms with van der Waals surface area (Å²) in [5.74, 6) is 5.83. The molecule has 0 spiro atoms. The van der Waals surface area contributed by atoms with Gasteiger partial charge in [-0.1, -0.05) is 36.2 Å². The first-order chi connectivity index (χ1) is 8.35. The van der Waals surface area contributed by atoms with Gasteiger partial charge in [-0.05, 0) is 46.9 Å². The van der Waals surface area contributed by atoms with Gasteiger partial charge in [-0.15, -0.1) is 0 Å². The van der Waals surface area contributed by atoms with E-state index in [-0.39, 0.29) is 11.6 Å². The Balaban J connectivity index is 3.23. The van der Waals surface area contributed by atoms with Crippen LogP contribution >= 0.6 is 0 Å². The number of hydrazine groups is 1. The molecule has 1 rings (SSSR count). The van der Waals surface area contributed by atoms with Crippen molar-refractivity contribution < 1.29 is 0 Å². The molecule has 0 aliphatic rings. The van der Waals surface area contributed by atoms with Crippen molar-refractivity contribution in [3.8, 4) is 0 Å². The van der Waals surface area contributed by atoms with E-state index in [2.05, 4.69) is 70.3 Å². The zero-order valence-corrected chi connectivity index (χ0v) is 12.5. The highest BCUT2D eigenvalue weighted by Crippen LogP contribution is 2.32. The fraction of sp³-hybridized carbons (Fsp3) is 0.600. The van der Waals surface area contributed by atoms with Crippen LogP contribution in [-0.2, 0) is 0 Å². The zero-order valence-electron chi connectivity index (χ0n) is 12.5. The molecule has 0 aliphatic carbocycles. The summed E-state index contributed by atoms with van der Waals surface area (Å²) in [6, 6.07) is 6.75. The van der Waals surface area contributed by atoms with Crippen molar-refractivity contribution >= 4 is 0 Å². The number of hydrogen-bond donors (Lipinski definition) is 2. The lowest BCUT2D eigenvalue weighted by Crippen LogP contribution is -2.53. The molecule has 3 nitrogen and oxygen atoms in total. The molecule has 0 heterocycles. The summed E-state index contributed by atoms with van der Waals surface area (Å²) < 4.78 is 0. The van der Waals surface area contributed by atoms with Crippen molar-refractivity contribution in [3.05, 3.63) is 34.9 Å². The molecule has 0 bridgehead atoms. The number of likely N-dealkylation sites (N-methyl/N-ethyl adjacent to an activating group) is 1. The normalized spacial score (nSPS) is 16.7. The molecule has 0 aliphatic heterocycles. The highest BCUT2D eigenvalue weighted by atomic mass is 15.3. The van der Waals surface area contributed by atoms with Crippen molar-refractivity contribution in [2.24, 2.45) is 5.84 Å². The van der Waals surface area contributed by atoms with Crippen molar-refractivity contribution in [2.75, 3.05) is 14.1 Å². The van der Waals surface area contributed by atoms with Gasteiger partial charge in [0.1, 0.15) is 0 Å². The first-order valence-electron chi connectivity index (χ1n) is 6.57. The number of aryl methyl sites for hydroxylation is 2. The molecular weight excluding hydrogens is 222 g/mol. The van der Waals surface area contributed by atoms with E-state index in [1.165, 1.54) is 16.7 Å². The van der Waals surface area contributed by atoms with Crippen molar-refractivity contribution in [1.29, 1.82) is 0 Å². The van der Waals surface area contributed by atoms with Crippen molar-refractivity contribution in [3.63, 3.8) is 0 Å². The zero-order chi connectivity index (χ0) is 13.9. The van der Waals surface area contributed by atoms with E-state index in [0.717, 1.165) is 6.42 Å². The van der Waals surface area contributed by atoms with E-state index in [9.17, 15) is 0 Å². The van der Waals surface area contributed by atoms with E-state index in [0.29, 0.717) is 0 Å². The highest BCUT2D eigenvalue weighted by molar-refractivity contribution is 5.32. The van der Waals surface area contributed by atoms with Crippen LogP contribution in [0, 0.1) is 13.8 Å². The van der Waals surface area contributed by atoms with E-state index in [1.807, 2.05) is 0 Å². The molecule has 0 amide bonds. The van der Waals surface area contributed by atoms with Gasteiger partial charge in [-0.2, -0.15) is 0 Å². The molecule has 1 aromatic rings. The molecule has 0 saturated carbocycles. The topological polar surface area (TPSA) is 41.3 Å². The molecular formula is C15H27N3. The minimum Gasteiger partial charge on any atom is -0.302 e. The second kappa shape index (κ2) is 5.83. The third kappa shape index (κ3) is 2.91. The van der Waals surface area contributed by atoms with Crippen LogP contribution in [-0.4, -0.2) is 24.5 Å². The van der Waals surface area contributed by atoms with Gasteiger partial charge in [0.15, 0.2) is 0 Å². The first kappa shape index (κ1) is 15.2. The van der Waals surface area contributed by atoms with Crippen LogP contribution < -0.4 is 11.3 Å². The summed E-state index contributed by atoms with van der Waals surface area (Å²) in [6.45, 7) is 8.70. The van der Waals surface area contributed by atoms with Gasteiger partial charge in [0.2, 0.25) is 0 Å². The Labute approximate surface area is 111 Å². The minimum atomic E-state index is -0.00498. The number of hydrogen-bond acceptors (Lipinski definition) is 3. The maximum absolute atomic E-state index is 5.83. The van der Waals surface area contributed by atoms with Gasteiger partial charge in [-0.3, -0.25) is 11.3 Å². The van der Waals surface area contributed by atoms with E-state index in [4.69, 9.17) is 5.84 Å². The number of nitrogens with one attached hydrogen (secondary N) is 1. The Morgan fingerprint density at radius 1 is 1.22 bits per heavy atom. The maximum Gasteiger partial charge on any atom is 0.0641 e. The number of nitrogens with two attached hydrogens (primary N) is 1. The maximum atomic E-state index is 5.83. The van der Waals surface area contributed by atoms with Crippen LogP contribution in [0.3, 0.4) is 0 Å². The quantitative estimate of drug-likeness (QED) is 0.622. The van der Waals surface area contributed by atoms with Crippen LogP contribution in [0.5, 0.6) is 0 Å². The summed E-state index contributed by atoms with van der Waals surface area (Å²) in [5, 5.41) is 0. The summed E-state index contributed by atoms with van der Waals surface area (Å²) in [7, 11) is 4.22. The number of rotatable bonds is 5. The van der Waals surface area contributed by atoms with E-state index >= 15 is 0 Å². The Morgan fingerprint density at radius 3 is 2.06 bits per heavy atom. The lowest BCUT2D eigenvalue weighted by atomic mass is 9.83. The fourth-order valence-electron chi connectivity index (χ4n) is 2.59. The van der Waals surface area contributed by atoms with Crippen LogP contribution in [0.2, 0.25) is 0 Å². The second-order valence-corrected chi connectivity index (χ2v) is 5.63. The van der Waals surface area contributed by atoms with E-state index < -0.39 is 0 Å². The summed E-state index contributed by atoms with van der Waals surface area (Å²) in [6.07, 6.45) is 1.03. The van der Waals surface area contributed by atoms with Crippen LogP contribution in [0.25, 0.3) is 0 Å². The van der Waals surface area contributed by atoms with E-state index in [1.54, 1.807) is 0 Å². The summed E-state index contributed by atoms with van der Waals surface area (Å²) in [4.78, 5) is 2.25. The monoisotopic (exact) mass is 249 g/mol. The van der Waals surface area contributed by atoms with Crippen LogP contribution in [0.15, 0.2) is 18.2 Å². The molecule has 18 heavy (non-hydrogen) atoms. The first-order valence-corrected chi connectivity index (χ1v) is 6.57. The lowest BCUT2D eigenvalue weighted by molar-refractivity contribution is 0.113. The van der Waals surface area contributed by atoms with Gasteiger partial charge in [-0.25, -0.2) is 0 Å². The summed E-state index contributed by atoms with van der Waals surface area (Å²) >= 11 is 0. The highest BCUT2D eigenvalue weighted by Gasteiger charge is 2.35. The number of nitrogens with zero attached hydrogens (tertiary/aromatic N) is 1. The van der Waals surface area contributed by atoms with Gasteiger partial charge >= 0.3 is 0 Å². The van der Waals surface area contributed by atoms with Crippen LogP contribution in [0.4, 0.5) is 0 Å². The molecule has 2 atom stereocenters. The molecule has 3 heteroatoms. The molecule has 0 radical (unpaired) electrons. The number of benzene rings is 1. The molecule has 102 valence electrons. The molecule has 0 fully saturated rings. The van der Waals surface area contributed by atoms with Crippen LogP contribution in [0.1, 0.15) is 43.0 Å². The largest absolute Gasteiger partial charge is 0.302 e. The van der Waals surface area contributed by atoms with Crippen molar-refractivity contribution in [2.45, 2.75) is 45.7 Å². The molecule has 0 saturated heterocycles. The Hall–Kier alpha value is -0.900. The smallest absolute Gasteiger partial charge is 0.0641 e. The SMILES string of the molecule is CCC(C)(C(NN)c1cc(C)cc(C)c1)N(C)C. The molecule has 2 unspecified atom stereocenters. The van der Waals surface area contributed by atoms with Gasteiger partial charge < -0.3 is 4.90 Å². The molecule has 3 N–H and O–H groups in total. The minimum absolute atomic E-state index is 0.00498. The van der Waals surface area contributed by atoms with Gasteiger partial charge in [0.25, 0.3) is 0 Å². The molecule has 1 aromatic carbocycles. The molecule has 0 aromatic heterocycles. The standard InChI is InChI=1S/C15H27N3/c1-7-15(4,18(5)6)14(17-16)13-9-11(2)8-12(3)10-13/h8-10,14,17H,7,16H2,1-6H3. The summed E-state index contributed by atoms with van der Waals surface area (Å²) in [5.41, 5.74) is 6.82. The lowest BCUT2D eigenvalue weighted by Gasteiger charge is -2.42. The Morgan fingerprint density at radius 2 is 1.72 bits per heavy atom. The third-order valence-electron chi connectivity index (χ3n) is 4.10. The average molecular weight is 249 g/mol. The van der Waals surface area contributed by atoms with Gasteiger partial charge in [0.05, 0.1) is 6.04 Å².